The van der Waals surface area contributed by atoms with Crippen LogP contribution in [0.25, 0.3) is 0 Å². The van der Waals surface area contributed by atoms with E-state index < -0.39 is 7.37 Å². The second-order valence-electron chi connectivity index (χ2n) is 2.58. The van der Waals surface area contributed by atoms with E-state index in [9.17, 15) is 4.57 Å². The van der Waals surface area contributed by atoms with Crippen LogP contribution in [0.4, 0.5) is 0 Å². The van der Waals surface area contributed by atoms with E-state index in [-0.39, 0.29) is 5.66 Å². The van der Waals surface area contributed by atoms with Crippen LogP contribution in [0.15, 0.2) is 0 Å². The van der Waals surface area contributed by atoms with Gasteiger partial charge in [-0.3, -0.25) is 4.57 Å². The molecule has 3 nitrogen and oxygen atoms in total. The van der Waals surface area contributed by atoms with Gasteiger partial charge in [-0.25, -0.2) is 0 Å². The third-order valence-electron chi connectivity index (χ3n) is 1.65. The van der Waals surface area contributed by atoms with Crippen molar-refractivity contribution in [3.63, 3.8) is 0 Å². The van der Waals surface area contributed by atoms with Gasteiger partial charge in [0.15, 0.2) is 0 Å². The van der Waals surface area contributed by atoms with Crippen LogP contribution in [0.1, 0.15) is 19.8 Å². The summed E-state index contributed by atoms with van der Waals surface area (Å²) < 4.78 is 11.0. The van der Waals surface area contributed by atoms with Crippen molar-refractivity contribution in [2.24, 2.45) is 5.73 Å². The summed E-state index contributed by atoms with van der Waals surface area (Å²) in [5.41, 5.74) is 5.17. The van der Waals surface area contributed by atoms with Crippen LogP contribution in [-0.2, 0) is 4.57 Å². The van der Waals surface area contributed by atoms with Gasteiger partial charge in [-0.2, -0.15) is 0 Å². The van der Waals surface area contributed by atoms with E-state index in [1.165, 1.54) is 6.66 Å². The van der Waals surface area contributed by atoms with Gasteiger partial charge in [-0.1, -0.05) is 6.92 Å². The molecule has 0 aliphatic carbocycles. The average Bonchev–Trinajstić information content (AvgIpc) is 1.80. The molecule has 0 aliphatic rings. The summed E-state index contributed by atoms with van der Waals surface area (Å²) in [4.78, 5) is 9.11. The maximum absolute atomic E-state index is 11.0. The summed E-state index contributed by atoms with van der Waals surface area (Å²) in [7, 11) is -2.87. The predicted octanol–water partition coefficient (Wildman–Crippen LogP) is 1.01. The monoisotopic (exact) mass is 165 g/mol. The Kier molecular flexibility index (Phi) is 4.18. The Morgan fingerprint density at radius 3 is 2.30 bits per heavy atom. The molecule has 10 heavy (non-hydrogen) atoms. The van der Waals surface area contributed by atoms with Crippen LogP contribution in [-0.4, -0.2) is 23.8 Å². The molecule has 2 atom stereocenters. The highest BCUT2D eigenvalue weighted by atomic mass is 31.2. The standard InChI is InChI=1S/C6H16NO2P/c1-3-6(4-5-7)10(2,8)9/h6H,3-5,7H2,1-2H3,(H,8,9). The first-order valence-electron chi connectivity index (χ1n) is 3.52. The Balaban J connectivity index is 3.94. The van der Waals surface area contributed by atoms with Gasteiger partial charge in [-0.05, 0) is 19.4 Å². The minimum Gasteiger partial charge on any atom is -0.344 e. The zero-order valence-corrected chi connectivity index (χ0v) is 7.47. The van der Waals surface area contributed by atoms with Gasteiger partial charge < -0.3 is 10.6 Å². The molecule has 2 unspecified atom stereocenters. The number of hydrogen-bond donors (Lipinski definition) is 2. The highest BCUT2D eigenvalue weighted by molar-refractivity contribution is 7.57. The van der Waals surface area contributed by atoms with Crippen LogP contribution >= 0.6 is 7.37 Å². The highest BCUT2D eigenvalue weighted by Crippen LogP contribution is 2.44. The maximum atomic E-state index is 11.0. The summed E-state index contributed by atoms with van der Waals surface area (Å²) in [6, 6.07) is 0. The third-order valence-corrected chi connectivity index (χ3v) is 3.63. The van der Waals surface area contributed by atoms with Gasteiger partial charge in [0.05, 0.1) is 0 Å². The van der Waals surface area contributed by atoms with E-state index in [0.717, 1.165) is 6.42 Å². The predicted molar refractivity (Wildman–Crippen MR) is 43.5 cm³/mol. The van der Waals surface area contributed by atoms with E-state index in [1.807, 2.05) is 6.92 Å². The zero-order chi connectivity index (χ0) is 8.20. The van der Waals surface area contributed by atoms with Crippen molar-refractivity contribution >= 4 is 7.37 Å². The smallest absolute Gasteiger partial charge is 0.200 e. The fourth-order valence-electron chi connectivity index (χ4n) is 0.975. The first kappa shape index (κ1) is 10.2. The summed E-state index contributed by atoms with van der Waals surface area (Å²) in [5.74, 6) is 0. The third kappa shape index (κ3) is 3.35. The van der Waals surface area contributed by atoms with Gasteiger partial charge >= 0.3 is 0 Å². The van der Waals surface area contributed by atoms with Crippen molar-refractivity contribution in [1.82, 2.24) is 0 Å². The lowest BCUT2D eigenvalue weighted by molar-refractivity contribution is 0.462. The summed E-state index contributed by atoms with van der Waals surface area (Å²) in [5, 5.41) is 0. The number of rotatable bonds is 4. The first-order chi connectivity index (χ1) is 4.52. The molecule has 0 spiro atoms. The Morgan fingerprint density at radius 2 is 2.20 bits per heavy atom. The van der Waals surface area contributed by atoms with Crippen molar-refractivity contribution in [3.8, 4) is 0 Å². The van der Waals surface area contributed by atoms with Gasteiger partial charge in [0, 0.05) is 12.3 Å². The van der Waals surface area contributed by atoms with E-state index in [0.29, 0.717) is 13.0 Å². The van der Waals surface area contributed by atoms with Gasteiger partial charge in [0.1, 0.15) is 0 Å². The molecule has 0 saturated carbocycles. The summed E-state index contributed by atoms with van der Waals surface area (Å²) >= 11 is 0. The van der Waals surface area contributed by atoms with Crippen LogP contribution in [0.5, 0.6) is 0 Å². The highest BCUT2D eigenvalue weighted by Gasteiger charge is 2.22. The Bertz CT molecular complexity index is 132. The van der Waals surface area contributed by atoms with Gasteiger partial charge in [-0.15, -0.1) is 0 Å². The SMILES string of the molecule is CCC(CCN)P(C)(=O)O. The zero-order valence-electron chi connectivity index (χ0n) is 6.58. The first-order valence-corrected chi connectivity index (χ1v) is 5.70. The quantitative estimate of drug-likeness (QED) is 0.611. The van der Waals surface area contributed by atoms with E-state index in [4.69, 9.17) is 10.6 Å². The molecule has 0 bridgehead atoms. The minimum atomic E-state index is -2.87. The Morgan fingerprint density at radius 1 is 1.70 bits per heavy atom. The molecule has 0 heterocycles. The topological polar surface area (TPSA) is 63.3 Å². The lowest BCUT2D eigenvalue weighted by atomic mass is 10.2. The minimum absolute atomic E-state index is 0.0995. The lowest BCUT2D eigenvalue weighted by Gasteiger charge is -2.16. The fraction of sp³-hybridized carbons (Fsp3) is 1.00. The molecule has 0 saturated heterocycles. The van der Waals surface area contributed by atoms with Crippen molar-refractivity contribution in [2.45, 2.75) is 25.4 Å². The second-order valence-corrected chi connectivity index (χ2v) is 5.20. The van der Waals surface area contributed by atoms with Crippen molar-refractivity contribution in [1.29, 1.82) is 0 Å². The normalized spacial score (nSPS) is 20.0. The Hall–Kier alpha value is 0.150. The van der Waals surface area contributed by atoms with E-state index in [2.05, 4.69) is 0 Å². The molecule has 0 aromatic carbocycles. The molecular formula is C6H16NO2P. The molecule has 0 aromatic heterocycles. The average molecular weight is 165 g/mol. The molecule has 0 amide bonds. The molecule has 3 N–H and O–H groups in total. The van der Waals surface area contributed by atoms with Crippen LogP contribution in [0.3, 0.4) is 0 Å². The second kappa shape index (κ2) is 4.12. The summed E-state index contributed by atoms with van der Waals surface area (Å²) in [6.07, 6.45) is 1.39. The van der Waals surface area contributed by atoms with Crippen molar-refractivity contribution in [3.05, 3.63) is 0 Å². The lowest BCUT2D eigenvalue weighted by Crippen LogP contribution is -2.12. The van der Waals surface area contributed by atoms with E-state index >= 15 is 0 Å². The molecule has 62 valence electrons. The van der Waals surface area contributed by atoms with E-state index in [1.54, 1.807) is 0 Å². The van der Waals surface area contributed by atoms with Crippen LogP contribution in [0, 0.1) is 0 Å². The molecule has 4 heteroatoms. The number of nitrogens with two attached hydrogens (primary N) is 1. The van der Waals surface area contributed by atoms with Gasteiger partial charge in [0.2, 0.25) is 7.37 Å². The van der Waals surface area contributed by atoms with Crippen LogP contribution in [0.2, 0.25) is 0 Å². The van der Waals surface area contributed by atoms with Crippen molar-refractivity contribution in [2.75, 3.05) is 13.2 Å². The fourth-order valence-corrected chi connectivity index (χ4v) is 2.28. The molecule has 0 radical (unpaired) electrons. The maximum Gasteiger partial charge on any atom is 0.200 e. The molecule has 0 rings (SSSR count). The Labute approximate surface area is 62.1 Å². The van der Waals surface area contributed by atoms with Crippen LogP contribution < -0.4 is 5.73 Å². The van der Waals surface area contributed by atoms with Crippen molar-refractivity contribution < 1.29 is 9.46 Å². The number of hydrogen-bond acceptors (Lipinski definition) is 2. The van der Waals surface area contributed by atoms with Gasteiger partial charge in [0.25, 0.3) is 0 Å². The molecular weight excluding hydrogens is 149 g/mol. The molecule has 0 aromatic rings. The molecule has 0 fully saturated rings. The largest absolute Gasteiger partial charge is 0.344 e. The summed E-state index contributed by atoms with van der Waals surface area (Å²) in [6.45, 7) is 3.81. The molecule has 0 aliphatic heterocycles.